The molecule has 0 saturated carbocycles. The van der Waals surface area contributed by atoms with E-state index in [1.807, 2.05) is 28.5 Å². The third-order valence-electron chi connectivity index (χ3n) is 3.74. The molecule has 1 amide bonds. The second-order valence-electron chi connectivity index (χ2n) is 5.15. The van der Waals surface area contributed by atoms with E-state index < -0.39 is 0 Å². The number of carbonyl (C=O) groups excluding carboxylic acids is 1. The van der Waals surface area contributed by atoms with Gasteiger partial charge in [0.25, 0.3) is 0 Å². The smallest absolute Gasteiger partial charge is 0.228 e. The lowest BCUT2D eigenvalue weighted by molar-refractivity contribution is -0.131. The number of nitrogens with two attached hydrogens (primary N) is 1. The van der Waals surface area contributed by atoms with Crippen LogP contribution in [0.3, 0.4) is 0 Å². The minimum absolute atomic E-state index is 0.126. The Morgan fingerprint density at radius 1 is 1.48 bits per heavy atom. The van der Waals surface area contributed by atoms with E-state index in [9.17, 15) is 4.79 Å². The molecule has 6 heteroatoms. The number of carbonyl (C=O) groups is 1. The summed E-state index contributed by atoms with van der Waals surface area (Å²) in [5.41, 5.74) is 7.38. The van der Waals surface area contributed by atoms with Crippen molar-refractivity contribution in [2.45, 2.75) is 25.3 Å². The van der Waals surface area contributed by atoms with Gasteiger partial charge in [-0.15, -0.1) is 11.3 Å². The van der Waals surface area contributed by atoms with Gasteiger partial charge in [0, 0.05) is 30.7 Å². The highest BCUT2D eigenvalue weighted by molar-refractivity contribution is 7.13. The molecule has 21 heavy (non-hydrogen) atoms. The Labute approximate surface area is 127 Å². The summed E-state index contributed by atoms with van der Waals surface area (Å²) in [4.78, 5) is 23.1. The average Bonchev–Trinajstić information content (AvgIpc) is 3.16. The molecule has 1 fully saturated rings. The Morgan fingerprint density at radius 3 is 3.14 bits per heavy atom. The number of rotatable bonds is 4. The summed E-state index contributed by atoms with van der Waals surface area (Å²) in [6.45, 7) is 1.36. The SMILES string of the molecule is NCC1CCCN1C(=O)Cc1csc(-c2ccccn2)n1. The van der Waals surface area contributed by atoms with Gasteiger partial charge in [-0.1, -0.05) is 6.07 Å². The lowest BCUT2D eigenvalue weighted by atomic mass is 10.2. The first-order valence-electron chi connectivity index (χ1n) is 7.13. The maximum Gasteiger partial charge on any atom is 0.228 e. The predicted octanol–water partition coefficient (Wildman–Crippen LogP) is 1.70. The first-order chi connectivity index (χ1) is 10.3. The van der Waals surface area contributed by atoms with Gasteiger partial charge in [-0.3, -0.25) is 9.78 Å². The standard InChI is InChI=1S/C15H18N4OS/c16-9-12-4-3-7-19(12)14(20)8-11-10-21-15(18-11)13-5-1-2-6-17-13/h1-2,5-6,10,12H,3-4,7-9,16H2. The van der Waals surface area contributed by atoms with Crippen LogP contribution in [0.5, 0.6) is 0 Å². The number of hydrogen-bond acceptors (Lipinski definition) is 5. The van der Waals surface area contributed by atoms with Crippen LogP contribution in [0, 0.1) is 0 Å². The Kier molecular flexibility index (Phi) is 4.26. The lowest BCUT2D eigenvalue weighted by Crippen LogP contribution is -2.40. The summed E-state index contributed by atoms with van der Waals surface area (Å²) in [7, 11) is 0. The van der Waals surface area contributed by atoms with E-state index in [-0.39, 0.29) is 11.9 Å². The van der Waals surface area contributed by atoms with Crippen molar-refractivity contribution >= 4 is 17.2 Å². The molecule has 5 nitrogen and oxygen atoms in total. The van der Waals surface area contributed by atoms with E-state index in [4.69, 9.17) is 5.73 Å². The van der Waals surface area contributed by atoms with Gasteiger partial charge in [0.1, 0.15) is 5.01 Å². The predicted molar refractivity (Wildman–Crippen MR) is 82.8 cm³/mol. The van der Waals surface area contributed by atoms with Crippen LogP contribution >= 0.6 is 11.3 Å². The Bertz CT molecular complexity index is 613. The van der Waals surface area contributed by atoms with Crippen LogP contribution < -0.4 is 5.73 Å². The molecule has 3 rings (SSSR count). The van der Waals surface area contributed by atoms with Crippen LogP contribution in [0.25, 0.3) is 10.7 Å². The van der Waals surface area contributed by atoms with E-state index in [1.54, 1.807) is 6.20 Å². The number of amides is 1. The lowest BCUT2D eigenvalue weighted by Gasteiger charge is -2.23. The first kappa shape index (κ1) is 14.2. The van der Waals surface area contributed by atoms with Crippen LogP contribution in [0.2, 0.25) is 0 Å². The first-order valence-corrected chi connectivity index (χ1v) is 8.01. The highest BCUT2D eigenvalue weighted by atomic mass is 32.1. The zero-order valence-electron chi connectivity index (χ0n) is 11.7. The van der Waals surface area contributed by atoms with Crippen molar-refractivity contribution in [1.82, 2.24) is 14.9 Å². The van der Waals surface area contributed by atoms with Crippen molar-refractivity contribution in [3.05, 3.63) is 35.5 Å². The van der Waals surface area contributed by atoms with Crippen molar-refractivity contribution in [1.29, 1.82) is 0 Å². The number of likely N-dealkylation sites (tertiary alicyclic amines) is 1. The molecule has 0 aromatic carbocycles. The summed E-state index contributed by atoms with van der Waals surface area (Å²) in [6.07, 6.45) is 4.15. The Morgan fingerprint density at radius 2 is 2.38 bits per heavy atom. The highest BCUT2D eigenvalue weighted by Crippen LogP contribution is 2.23. The number of aromatic nitrogens is 2. The van der Waals surface area contributed by atoms with Gasteiger partial charge < -0.3 is 10.6 Å². The number of thiazole rings is 1. The second-order valence-corrected chi connectivity index (χ2v) is 6.01. The van der Waals surface area contributed by atoms with E-state index in [1.165, 1.54) is 11.3 Å². The molecule has 0 spiro atoms. The quantitative estimate of drug-likeness (QED) is 0.933. The summed E-state index contributed by atoms with van der Waals surface area (Å²) in [5, 5.41) is 2.80. The zero-order chi connectivity index (χ0) is 14.7. The summed E-state index contributed by atoms with van der Waals surface area (Å²) in [6, 6.07) is 5.94. The fraction of sp³-hybridized carbons (Fsp3) is 0.400. The molecule has 2 aromatic heterocycles. The van der Waals surface area contributed by atoms with Crippen molar-refractivity contribution in [2.24, 2.45) is 5.73 Å². The van der Waals surface area contributed by atoms with Gasteiger partial charge in [0.05, 0.1) is 17.8 Å². The molecule has 1 aliphatic heterocycles. The fourth-order valence-corrected chi connectivity index (χ4v) is 3.46. The molecule has 2 aromatic rings. The largest absolute Gasteiger partial charge is 0.338 e. The number of hydrogen-bond donors (Lipinski definition) is 1. The molecule has 0 radical (unpaired) electrons. The van der Waals surface area contributed by atoms with Crippen molar-refractivity contribution in [2.75, 3.05) is 13.1 Å². The van der Waals surface area contributed by atoms with E-state index >= 15 is 0 Å². The van der Waals surface area contributed by atoms with Gasteiger partial charge in [0.2, 0.25) is 5.91 Å². The van der Waals surface area contributed by atoms with Gasteiger partial charge in [0.15, 0.2) is 0 Å². The van der Waals surface area contributed by atoms with E-state index in [0.717, 1.165) is 35.8 Å². The molecule has 0 bridgehead atoms. The Hall–Kier alpha value is -1.79. The Balaban J connectivity index is 1.69. The highest BCUT2D eigenvalue weighted by Gasteiger charge is 2.27. The van der Waals surface area contributed by atoms with Crippen molar-refractivity contribution < 1.29 is 4.79 Å². The molecule has 1 atom stereocenters. The zero-order valence-corrected chi connectivity index (χ0v) is 12.6. The normalized spacial score (nSPS) is 18.1. The summed E-state index contributed by atoms with van der Waals surface area (Å²) in [5.74, 6) is 0.126. The average molecular weight is 302 g/mol. The van der Waals surface area contributed by atoms with Crippen LogP contribution in [0.15, 0.2) is 29.8 Å². The summed E-state index contributed by atoms with van der Waals surface area (Å²) < 4.78 is 0. The third kappa shape index (κ3) is 3.11. The molecule has 1 unspecified atom stereocenters. The minimum atomic E-state index is 0.126. The van der Waals surface area contributed by atoms with Gasteiger partial charge in [-0.2, -0.15) is 0 Å². The van der Waals surface area contributed by atoms with Crippen molar-refractivity contribution in [3.63, 3.8) is 0 Å². The van der Waals surface area contributed by atoms with Crippen LogP contribution in [-0.2, 0) is 11.2 Å². The molecule has 0 aliphatic carbocycles. The molecule has 1 saturated heterocycles. The monoisotopic (exact) mass is 302 g/mol. The van der Waals surface area contributed by atoms with Gasteiger partial charge >= 0.3 is 0 Å². The van der Waals surface area contributed by atoms with Crippen LogP contribution in [0.1, 0.15) is 18.5 Å². The van der Waals surface area contributed by atoms with Gasteiger partial charge in [-0.05, 0) is 25.0 Å². The second kappa shape index (κ2) is 6.32. The van der Waals surface area contributed by atoms with E-state index in [2.05, 4.69) is 9.97 Å². The topological polar surface area (TPSA) is 72.1 Å². The minimum Gasteiger partial charge on any atom is -0.338 e. The molecular weight excluding hydrogens is 284 g/mol. The summed E-state index contributed by atoms with van der Waals surface area (Å²) >= 11 is 1.52. The van der Waals surface area contributed by atoms with Crippen molar-refractivity contribution in [3.8, 4) is 10.7 Å². The number of nitrogens with zero attached hydrogens (tertiary/aromatic N) is 3. The van der Waals surface area contributed by atoms with Gasteiger partial charge in [-0.25, -0.2) is 4.98 Å². The van der Waals surface area contributed by atoms with Crippen LogP contribution in [-0.4, -0.2) is 39.9 Å². The maximum atomic E-state index is 12.3. The molecular formula is C15H18N4OS. The third-order valence-corrected chi connectivity index (χ3v) is 4.65. The maximum absolute atomic E-state index is 12.3. The molecule has 3 heterocycles. The fourth-order valence-electron chi connectivity index (χ4n) is 2.66. The van der Waals surface area contributed by atoms with Crippen LogP contribution in [0.4, 0.5) is 0 Å². The molecule has 2 N–H and O–H groups in total. The molecule has 110 valence electrons. The number of pyridine rings is 1. The van der Waals surface area contributed by atoms with E-state index in [0.29, 0.717) is 13.0 Å². The molecule has 1 aliphatic rings.